The maximum Gasteiger partial charge on any atom is 0.417 e. The summed E-state index contributed by atoms with van der Waals surface area (Å²) in [5, 5.41) is 2.15. The largest absolute Gasteiger partial charge is 0.417 e. The molecule has 7 heteroatoms. The summed E-state index contributed by atoms with van der Waals surface area (Å²) in [4.78, 5) is 0. The van der Waals surface area contributed by atoms with E-state index in [1.807, 2.05) is 109 Å². The molecule has 0 spiro atoms. The van der Waals surface area contributed by atoms with Gasteiger partial charge in [0.1, 0.15) is 0 Å². The third kappa shape index (κ3) is 6.53. The van der Waals surface area contributed by atoms with Crippen LogP contribution < -0.4 is 20.7 Å². The second-order valence-electron chi connectivity index (χ2n) is 12.3. The number of halogens is 6. The van der Waals surface area contributed by atoms with Crippen molar-refractivity contribution in [3.8, 4) is 33.4 Å². The van der Waals surface area contributed by atoms with Crippen molar-refractivity contribution in [1.82, 2.24) is 0 Å². The van der Waals surface area contributed by atoms with Gasteiger partial charge in [0, 0.05) is 0 Å². The van der Waals surface area contributed by atoms with Crippen LogP contribution in [0.15, 0.2) is 182 Å². The van der Waals surface area contributed by atoms with Gasteiger partial charge in [-0.15, -0.1) is 0 Å². The molecule has 252 valence electrons. The number of hydrogen-bond donors (Lipinski definition) is 0. The van der Waals surface area contributed by atoms with Gasteiger partial charge >= 0.3 is 12.4 Å². The van der Waals surface area contributed by atoms with Crippen molar-refractivity contribution < 1.29 is 26.3 Å². The van der Waals surface area contributed by atoms with Crippen molar-refractivity contribution in [3.05, 3.63) is 193 Å². The zero-order valence-electron chi connectivity index (χ0n) is 27.1. The Morgan fingerprint density at radius 1 is 0.294 bits per heavy atom. The molecule has 0 aliphatic rings. The van der Waals surface area contributed by atoms with E-state index in [0.717, 1.165) is 34.4 Å². The van der Waals surface area contributed by atoms with E-state index in [1.165, 1.54) is 18.2 Å². The first-order valence-corrected chi connectivity index (χ1v) is 18.3. The van der Waals surface area contributed by atoms with Crippen LogP contribution in [0.5, 0.6) is 0 Å². The second kappa shape index (κ2) is 13.6. The van der Waals surface area contributed by atoms with Gasteiger partial charge < -0.3 is 0 Å². The molecule has 0 saturated carbocycles. The number of benzene rings is 7. The number of alkyl halides is 6. The van der Waals surface area contributed by atoms with Gasteiger partial charge in [-0.05, 0) is 60.2 Å². The fraction of sp³-hybridized carbons (Fsp3) is 0.0455. The minimum absolute atomic E-state index is 0.000985. The van der Waals surface area contributed by atoms with Gasteiger partial charge in [0.15, 0.2) is 8.07 Å². The first kappa shape index (κ1) is 33.8. The molecule has 0 nitrogen and oxygen atoms in total. The number of hydrogen-bond acceptors (Lipinski definition) is 0. The zero-order valence-corrected chi connectivity index (χ0v) is 28.1. The lowest BCUT2D eigenvalue weighted by atomic mass is 9.99. The van der Waals surface area contributed by atoms with Gasteiger partial charge in [-0.25, -0.2) is 0 Å². The van der Waals surface area contributed by atoms with Gasteiger partial charge in [-0.2, -0.15) is 26.3 Å². The van der Waals surface area contributed by atoms with E-state index >= 15 is 13.2 Å². The highest BCUT2D eigenvalue weighted by Gasteiger charge is 2.47. The average molecular weight is 701 g/mol. The summed E-state index contributed by atoms with van der Waals surface area (Å²) in [7, 11) is -3.82. The highest BCUT2D eigenvalue weighted by Crippen LogP contribution is 2.37. The molecule has 0 aliphatic carbocycles. The van der Waals surface area contributed by atoms with Crippen LogP contribution >= 0.6 is 0 Å². The maximum atomic E-state index is 15.1. The molecule has 0 N–H and O–H groups in total. The molecule has 0 radical (unpaired) electrons. The monoisotopic (exact) mass is 700 g/mol. The Labute approximate surface area is 293 Å². The van der Waals surface area contributed by atoms with Crippen molar-refractivity contribution >= 4 is 28.8 Å². The lowest BCUT2D eigenvalue weighted by Crippen LogP contribution is -2.75. The normalized spacial score (nSPS) is 12.1. The second-order valence-corrected chi connectivity index (χ2v) is 16.1. The van der Waals surface area contributed by atoms with Crippen molar-refractivity contribution in [3.63, 3.8) is 0 Å². The van der Waals surface area contributed by atoms with Crippen LogP contribution in [0, 0.1) is 0 Å². The molecule has 0 saturated heterocycles. The van der Waals surface area contributed by atoms with Crippen LogP contribution in [-0.4, -0.2) is 8.07 Å². The molecule has 0 bridgehead atoms. The third-order valence-electron chi connectivity index (χ3n) is 9.35. The van der Waals surface area contributed by atoms with Gasteiger partial charge in [-0.1, -0.05) is 176 Å². The lowest BCUT2D eigenvalue weighted by molar-refractivity contribution is -0.137. The van der Waals surface area contributed by atoms with E-state index in [-0.39, 0.29) is 10.8 Å². The maximum absolute atomic E-state index is 15.1. The predicted molar refractivity (Wildman–Crippen MR) is 196 cm³/mol. The van der Waals surface area contributed by atoms with Crippen molar-refractivity contribution in [1.29, 1.82) is 0 Å². The Balaban J connectivity index is 1.51. The molecule has 0 amide bonds. The predicted octanol–water partition coefficient (Wildman–Crippen LogP) is 10.1. The molecular formula is C44H30F6Si. The Morgan fingerprint density at radius 2 is 0.627 bits per heavy atom. The lowest BCUT2D eigenvalue weighted by Gasteiger charge is -2.36. The van der Waals surface area contributed by atoms with E-state index in [0.29, 0.717) is 21.1 Å². The summed E-state index contributed by atoms with van der Waals surface area (Å²) in [5.74, 6) is 0. The van der Waals surface area contributed by atoms with Crippen molar-refractivity contribution in [2.75, 3.05) is 0 Å². The Morgan fingerprint density at radius 3 is 1.06 bits per heavy atom. The smallest absolute Gasteiger partial charge is 0.166 e. The van der Waals surface area contributed by atoms with E-state index in [9.17, 15) is 13.2 Å². The molecule has 7 rings (SSSR count). The molecular weight excluding hydrogens is 671 g/mol. The van der Waals surface area contributed by atoms with Gasteiger partial charge in [0.05, 0.1) is 11.1 Å². The van der Waals surface area contributed by atoms with Gasteiger partial charge in [0.2, 0.25) is 0 Å². The Hall–Kier alpha value is -5.66. The fourth-order valence-electron chi connectivity index (χ4n) is 6.99. The van der Waals surface area contributed by atoms with Crippen molar-refractivity contribution in [2.45, 2.75) is 12.4 Å². The van der Waals surface area contributed by atoms with E-state index in [1.54, 1.807) is 42.5 Å². The summed E-state index contributed by atoms with van der Waals surface area (Å²) in [6, 6.07) is 52.3. The average Bonchev–Trinajstić information content (AvgIpc) is 3.16. The number of rotatable bonds is 7. The van der Waals surface area contributed by atoms with Crippen LogP contribution in [-0.2, 0) is 12.4 Å². The van der Waals surface area contributed by atoms with Crippen LogP contribution in [0.1, 0.15) is 11.1 Å². The van der Waals surface area contributed by atoms with E-state index in [4.69, 9.17) is 0 Å². The van der Waals surface area contributed by atoms with Crippen LogP contribution in [0.2, 0.25) is 0 Å². The quantitative estimate of drug-likeness (QED) is 0.0883. The topological polar surface area (TPSA) is 0 Å². The highest BCUT2D eigenvalue weighted by molar-refractivity contribution is 7.20. The van der Waals surface area contributed by atoms with Gasteiger partial charge in [0.25, 0.3) is 0 Å². The fourth-order valence-corrected chi connectivity index (χ4v) is 11.9. The summed E-state index contributed by atoms with van der Waals surface area (Å²) in [6.45, 7) is 0. The Kier molecular flexibility index (Phi) is 9.00. The minimum atomic E-state index is -4.67. The molecule has 0 unspecified atom stereocenters. The molecule has 7 aromatic rings. The van der Waals surface area contributed by atoms with Crippen LogP contribution in [0.4, 0.5) is 26.3 Å². The van der Waals surface area contributed by atoms with E-state index in [2.05, 4.69) is 0 Å². The Bertz CT molecular complexity index is 2160. The first-order chi connectivity index (χ1) is 24.6. The molecule has 0 fully saturated rings. The summed E-state index contributed by atoms with van der Waals surface area (Å²) >= 11 is 0. The SMILES string of the molecule is FC(F)(F)c1ccccc1-c1ccc([Si](c2ccc(-c3ccccc3)cc2)(c2ccc(-c3ccccc3)cc2)c2ccccc2C(F)(F)F)cc1. The highest BCUT2D eigenvalue weighted by atomic mass is 28.3. The molecule has 0 aliphatic heterocycles. The zero-order chi connectivity index (χ0) is 35.6. The standard InChI is InChI=1S/C44H30F6Si/c45-43(46,47)40-16-8-7-15-39(40)35-23-29-38(30-24-35)51(42-18-10-9-17-41(42)44(48,49)50,36-25-19-33(20-26-36)31-11-3-1-4-12-31)37-27-21-34(22-28-37)32-13-5-2-6-14-32/h1-30H. The molecule has 51 heavy (non-hydrogen) atoms. The summed E-state index contributed by atoms with van der Waals surface area (Å²) in [5.41, 5.74) is 2.53. The van der Waals surface area contributed by atoms with Crippen LogP contribution in [0.3, 0.4) is 0 Å². The summed E-state index contributed by atoms with van der Waals surface area (Å²) in [6.07, 6.45) is -9.26. The summed E-state index contributed by atoms with van der Waals surface area (Å²) < 4.78 is 87.3. The minimum Gasteiger partial charge on any atom is -0.166 e. The third-order valence-corrected chi connectivity index (χ3v) is 14.2. The molecule has 0 heterocycles. The van der Waals surface area contributed by atoms with Crippen LogP contribution in [0.25, 0.3) is 33.4 Å². The molecule has 0 aromatic heterocycles. The molecule has 0 atom stereocenters. The van der Waals surface area contributed by atoms with Crippen molar-refractivity contribution in [2.24, 2.45) is 0 Å². The van der Waals surface area contributed by atoms with Gasteiger partial charge in [-0.3, -0.25) is 0 Å². The van der Waals surface area contributed by atoms with E-state index < -0.39 is 31.6 Å². The first-order valence-electron chi connectivity index (χ1n) is 16.3. The molecule has 7 aromatic carbocycles.